The standard InChI is InChI=1S/C13H11BrN2O2S/c14-8-4-7(5-15-6-8)12-16-11-9(13(17)18)2-1-3-10(11)19-12/h4-6,9H,1-3H2,(H,17,18). The van der Waals surface area contributed by atoms with Gasteiger partial charge in [-0.2, -0.15) is 0 Å². The van der Waals surface area contributed by atoms with E-state index in [9.17, 15) is 9.90 Å². The van der Waals surface area contributed by atoms with E-state index >= 15 is 0 Å². The lowest BCUT2D eigenvalue weighted by molar-refractivity contribution is -0.139. The Kier molecular flexibility index (Phi) is 3.36. The number of hydrogen-bond acceptors (Lipinski definition) is 4. The number of hydrogen-bond donors (Lipinski definition) is 1. The van der Waals surface area contributed by atoms with E-state index < -0.39 is 11.9 Å². The predicted molar refractivity (Wildman–Crippen MR) is 76.4 cm³/mol. The molecule has 6 heteroatoms. The molecule has 0 amide bonds. The van der Waals surface area contributed by atoms with Gasteiger partial charge in [-0.05, 0) is 41.3 Å². The van der Waals surface area contributed by atoms with Crippen LogP contribution in [-0.4, -0.2) is 21.0 Å². The van der Waals surface area contributed by atoms with Gasteiger partial charge < -0.3 is 5.11 Å². The summed E-state index contributed by atoms with van der Waals surface area (Å²) in [6.45, 7) is 0. The first-order chi connectivity index (χ1) is 9.15. The maximum Gasteiger partial charge on any atom is 0.312 e. The van der Waals surface area contributed by atoms with E-state index in [1.54, 1.807) is 23.7 Å². The molecule has 0 radical (unpaired) electrons. The first kappa shape index (κ1) is 12.7. The van der Waals surface area contributed by atoms with Crippen molar-refractivity contribution in [2.24, 2.45) is 0 Å². The molecule has 2 aromatic heterocycles. The monoisotopic (exact) mass is 338 g/mol. The minimum Gasteiger partial charge on any atom is -0.481 e. The van der Waals surface area contributed by atoms with Gasteiger partial charge in [0.25, 0.3) is 0 Å². The summed E-state index contributed by atoms with van der Waals surface area (Å²) in [6.07, 6.45) is 6.00. The molecule has 1 aliphatic rings. The smallest absolute Gasteiger partial charge is 0.312 e. The maximum absolute atomic E-state index is 11.3. The number of halogens is 1. The fraction of sp³-hybridized carbons (Fsp3) is 0.308. The molecule has 0 saturated carbocycles. The summed E-state index contributed by atoms with van der Waals surface area (Å²) in [5.41, 5.74) is 1.68. The van der Waals surface area contributed by atoms with Gasteiger partial charge in [0.1, 0.15) is 5.01 Å². The zero-order valence-electron chi connectivity index (χ0n) is 9.97. The quantitative estimate of drug-likeness (QED) is 0.910. The third-order valence-corrected chi connectivity index (χ3v) is 4.82. The van der Waals surface area contributed by atoms with Gasteiger partial charge in [0.15, 0.2) is 0 Å². The second-order valence-corrected chi connectivity index (χ2v) is 6.50. The third-order valence-electron chi connectivity index (χ3n) is 3.20. The van der Waals surface area contributed by atoms with Gasteiger partial charge in [-0.3, -0.25) is 9.78 Å². The van der Waals surface area contributed by atoms with Crippen LogP contribution in [0.5, 0.6) is 0 Å². The largest absolute Gasteiger partial charge is 0.481 e. The summed E-state index contributed by atoms with van der Waals surface area (Å²) in [4.78, 5) is 21.0. The van der Waals surface area contributed by atoms with Crippen molar-refractivity contribution in [1.29, 1.82) is 0 Å². The molecule has 1 atom stereocenters. The Morgan fingerprint density at radius 2 is 2.32 bits per heavy atom. The summed E-state index contributed by atoms with van der Waals surface area (Å²) in [5.74, 6) is -1.22. The van der Waals surface area contributed by atoms with Crippen molar-refractivity contribution in [3.8, 4) is 10.6 Å². The molecule has 4 nitrogen and oxygen atoms in total. The van der Waals surface area contributed by atoms with Crippen LogP contribution >= 0.6 is 27.3 Å². The number of pyridine rings is 1. The molecule has 0 aromatic carbocycles. The molecule has 2 aromatic rings. The van der Waals surface area contributed by atoms with E-state index in [-0.39, 0.29) is 0 Å². The molecular weight excluding hydrogens is 328 g/mol. The topological polar surface area (TPSA) is 63.1 Å². The lowest BCUT2D eigenvalue weighted by Crippen LogP contribution is -2.17. The normalized spacial score (nSPS) is 18.1. The average molecular weight is 339 g/mol. The molecule has 0 fully saturated rings. The van der Waals surface area contributed by atoms with E-state index in [2.05, 4.69) is 25.9 Å². The fourth-order valence-electron chi connectivity index (χ4n) is 2.31. The van der Waals surface area contributed by atoms with Gasteiger partial charge in [0.2, 0.25) is 0 Å². The molecule has 0 bridgehead atoms. The van der Waals surface area contributed by atoms with Crippen LogP contribution in [0.4, 0.5) is 0 Å². The minimum atomic E-state index is -0.773. The first-order valence-electron chi connectivity index (χ1n) is 5.98. The highest BCUT2D eigenvalue weighted by molar-refractivity contribution is 9.10. The van der Waals surface area contributed by atoms with Gasteiger partial charge in [0.05, 0.1) is 11.6 Å². The molecular formula is C13H11BrN2O2S. The van der Waals surface area contributed by atoms with Crippen LogP contribution in [0.15, 0.2) is 22.9 Å². The number of carboxylic acid groups (broad SMARTS) is 1. The Morgan fingerprint density at radius 3 is 3.05 bits per heavy atom. The Bertz CT molecular complexity index is 641. The van der Waals surface area contributed by atoms with E-state index in [1.807, 2.05) is 6.07 Å². The second-order valence-electron chi connectivity index (χ2n) is 4.50. The van der Waals surface area contributed by atoms with Crippen LogP contribution in [0.2, 0.25) is 0 Å². The average Bonchev–Trinajstić information content (AvgIpc) is 2.82. The van der Waals surface area contributed by atoms with Crippen molar-refractivity contribution in [2.45, 2.75) is 25.2 Å². The van der Waals surface area contributed by atoms with Crippen LogP contribution in [0.1, 0.15) is 29.3 Å². The number of rotatable bonds is 2. The van der Waals surface area contributed by atoms with Gasteiger partial charge in [-0.15, -0.1) is 11.3 Å². The van der Waals surface area contributed by atoms with Gasteiger partial charge >= 0.3 is 5.97 Å². The van der Waals surface area contributed by atoms with Crippen molar-refractivity contribution in [1.82, 2.24) is 9.97 Å². The highest BCUT2D eigenvalue weighted by atomic mass is 79.9. The Labute approximate surface area is 122 Å². The number of fused-ring (bicyclic) bond motifs is 1. The molecule has 3 rings (SSSR count). The van der Waals surface area contributed by atoms with Gasteiger partial charge in [0, 0.05) is 27.3 Å². The van der Waals surface area contributed by atoms with Crippen molar-refractivity contribution in [3.63, 3.8) is 0 Å². The Balaban J connectivity index is 2.04. The minimum absolute atomic E-state index is 0.450. The number of aromatic nitrogens is 2. The van der Waals surface area contributed by atoms with Gasteiger partial charge in [-0.1, -0.05) is 0 Å². The molecule has 19 heavy (non-hydrogen) atoms. The summed E-state index contributed by atoms with van der Waals surface area (Å²) >= 11 is 4.97. The molecule has 0 saturated heterocycles. The van der Waals surface area contributed by atoms with E-state index in [4.69, 9.17) is 0 Å². The summed E-state index contributed by atoms with van der Waals surface area (Å²) < 4.78 is 0.896. The number of aliphatic carboxylic acids is 1. The van der Waals surface area contributed by atoms with Crippen LogP contribution in [0, 0.1) is 0 Å². The SMILES string of the molecule is O=C(O)C1CCCc2sc(-c3cncc(Br)c3)nc21. The molecule has 1 unspecified atom stereocenters. The van der Waals surface area contributed by atoms with E-state index in [1.165, 1.54) is 0 Å². The zero-order valence-corrected chi connectivity index (χ0v) is 12.4. The lowest BCUT2D eigenvalue weighted by atomic mass is 9.91. The number of aryl methyl sites for hydroxylation is 1. The number of carboxylic acids is 1. The Morgan fingerprint density at radius 1 is 1.47 bits per heavy atom. The molecule has 0 spiro atoms. The molecule has 2 heterocycles. The van der Waals surface area contributed by atoms with Crippen molar-refractivity contribution in [2.75, 3.05) is 0 Å². The van der Waals surface area contributed by atoms with Crippen molar-refractivity contribution in [3.05, 3.63) is 33.5 Å². The summed E-state index contributed by atoms with van der Waals surface area (Å²) in [6, 6.07) is 1.95. The first-order valence-corrected chi connectivity index (χ1v) is 7.59. The molecule has 0 aliphatic heterocycles. The fourth-order valence-corrected chi connectivity index (χ4v) is 3.82. The molecule has 1 aliphatic carbocycles. The van der Waals surface area contributed by atoms with Crippen LogP contribution in [0.25, 0.3) is 10.6 Å². The van der Waals surface area contributed by atoms with Crippen LogP contribution in [-0.2, 0) is 11.2 Å². The van der Waals surface area contributed by atoms with Crippen molar-refractivity contribution >= 4 is 33.2 Å². The predicted octanol–water partition coefficient (Wildman–Crippen LogP) is 3.47. The van der Waals surface area contributed by atoms with Crippen LogP contribution in [0.3, 0.4) is 0 Å². The molecule has 98 valence electrons. The highest BCUT2D eigenvalue weighted by Gasteiger charge is 2.30. The van der Waals surface area contributed by atoms with E-state index in [0.29, 0.717) is 6.42 Å². The van der Waals surface area contributed by atoms with Crippen molar-refractivity contribution < 1.29 is 9.90 Å². The third kappa shape index (κ3) is 2.42. The lowest BCUT2D eigenvalue weighted by Gasteiger charge is -2.16. The van der Waals surface area contributed by atoms with Crippen LogP contribution < -0.4 is 0 Å². The highest BCUT2D eigenvalue weighted by Crippen LogP contribution is 2.38. The summed E-state index contributed by atoms with van der Waals surface area (Å²) in [7, 11) is 0. The molecule has 1 N–H and O–H groups in total. The van der Waals surface area contributed by atoms with Gasteiger partial charge in [-0.25, -0.2) is 4.98 Å². The number of thiazole rings is 1. The second kappa shape index (κ2) is 5.02. The zero-order chi connectivity index (χ0) is 13.4. The summed E-state index contributed by atoms with van der Waals surface area (Å²) in [5, 5.41) is 10.1. The Hall–Kier alpha value is -1.27. The number of nitrogens with zero attached hydrogens (tertiary/aromatic N) is 2. The van der Waals surface area contributed by atoms with E-state index in [0.717, 1.165) is 38.5 Å². The number of carbonyl (C=O) groups is 1. The maximum atomic E-state index is 11.3.